The number of benzene rings is 3. The van der Waals surface area contributed by atoms with Crippen molar-refractivity contribution in [1.29, 1.82) is 0 Å². The molecule has 3 rings (SSSR count). The Hall–Kier alpha value is -1.18. The minimum atomic E-state index is 0.716. The van der Waals surface area contributed by atoms with Gasteiger partial charge in [0.2, 0.25) is 0 Å². The first kappa shape index (κ1) is 12.8. The van der Waals surface area contributed by atoms with Crippen LogP contribution in [0, 0.1) is 0 Å². The number of rotatable bonds is 4. The Morgan fingerprint density at radius 3 is 2.00 bits per heavy atom. The molecule has 96 valence electrons. The van der Waals surface area contributed by atoms with Crippen molar-refractivity contribution in [3.63, 3.8) is 0 Å². The molecule has 19 heavy (non-hydrogen) atoms. The summed E-state index contributed by atoms with van der Waals surface area (Å²) in [5, 5.41) is 5.37. The standard InChI is InChI=1S/C17H15ClS/c18-9-10-19-12-17-15-7-3-1-5-13(15)11-14-6-2-4-8-16(14)17/h1-8,11H,9-10,12H2. The molecule has 0 aliphatic carbocycles. The van der Waals surface area contributed by atoms with Crippen LogP contribution in [0.15, 0.2) is 54.6 Å². The normalized spacial score (nSPS) is 11.2. The zero-order chi connectivity index (χ0) is 13.1. The molecule has 0 saturated carbocycles. The van der Waals surface area contributed by atoms with Crippen LogP contribution < -0.4 is 0 Å². The summed E-state index contributed by atoms with van der Waals surface area (Å²) < 4.78 is 0. The quantitative estimate of drug-likeness (QED) is 0.348. The monoisotopic (exact) mass is 286 g/mol. The Bertz CT molecular complexity index is 652. The number of alkyl halides is 1. The van der Waals surface area contributed by atoms with Crippen molar-refractivity contribution in [2.75, 3.05) is 11.6 Å². The summed E-state index contributed by atoms with van der Waals surface area (Å²) >= 11 is 7.69. The summed E-state index contributed by atoms with van der Waals surface area (Å²) in [4.78, 5) is 0. The molecular weight excluding hydrogens is 272 g/mol. The lowest BCUT2D eigenvalue weighted by atomic mass is 9.98. The molecule has 0 atom stereocenters. The molecule has 2 heteroatoms. The second kappa shape index (κ2) is 5.85. The van der Waals surface area contributed by atoms with E-state index in [1.165, 1.54) is 27.1 Å². The maximum atomic E-state index is 5.78. The first-order chi connectivity index (χ1) is 9.40. The Labute approximate surface area is 122 Å². The van der Waals surface area contributed by atoms with Gasteiger partial charge in [-0.25, -0.2) is 0 Å². The first-order valence-corrected chi connectivity index (χ1v) is 8.12. The fourth-order valence-electron chi connectivity index (χ4n) is 2.49. The van der Waals surface area contributed by atoms with Gasteiger partial charge in [0, 0.05) is 17.4 Å². The van der Waals surface area contributed by atoms with Crippen LogP contribution in [-0.2, 0) is 5.75 Å². The van der Waals surface area contributed by atoms with E-state index in [1.807, 2.05) is 11.8 Å². The predicted molar refractivity (Wildman–Crippen MR) is 88.3 cm³/mol. The zero-order valence-corrected chi connectivity index (χ0v) is 12.2. The van der Waals surface area contributed by atoms with Gasteiger partial charge in [-0.1, -0.05) is 48.5 Å². The van der Waals surface area contributed by atoms with Crippen LogP contribution >= 0.6 is 23.4 Å². The molecule has 0 nitrogen and oxygen atoms in total. The van der Waals surface area contributed by atoms with Gasteiger partial charge in [0.05, 0.1) is 0 Å². The second-order valence-electron chi connectivity index (χ2n) is 4.54. The molecule has 0 spiro atoms. The average molecular weight is 287 g/mol. The van der Waals surface area contributed by atoms with E-state index in [9.17, 15) is 0 Å². The lowest BCUT2D eigenvalue weighted by Gasteiger charge is -2.11. The van der Waals surface area contributed by atoms with E-state index >= 15 is 0 Å². The molecule has 0 aliphatic heterocycles. The van der Waals surface area contributed by atoms with E-state index < -0.39 is 0 Å². The van der Waals surface area contributed by atoms with Gasteiger partial charge >= 0.3 is 0 Å². The van der Waals surface area contributed by atoms with Gasteiger partial charge in [-0.2, -0.15) is 11.8 Å². The summed E-state index contributed by atoms with van der Waals surface area (Å²) in [5.41, 5.74) is 1.43. The molecule has 0 saturated heterocycles. The molecule has 3 aromatic rings. The lowest BCUT2D eigenvalue weighted by molar-refractivity contribution is 1.46. The maximum Gasteiger partial charge on any atom is 0.0314 e. The number of hydrogen-bond donors (Lipinski definition) is 0. The van der Waals surface area contributed by atoms with Gasteiger partial charge < -0.3 is 0 Å². The van der Waals surface area contributed by atoms with Crippen LogP contribution in [0.5, 0.6) is 0 Å². The largest absolute Gasteiger partial charge is 0.156 e. The zero-order valence-electron chi connectivity index (χ0n) is 10.6. The fraction of sp³-hybridized carbons (Fsp3) is 0.176. The summed E-state index contributed by atoms with van der Waals surface area (Å²) in [6.45, 7) is 0. The molecule has 0 bridgehead atoms. The molecule has 0 heterocycles. The van der Waals surface area contributed by atoms with Crippen LogP contribution in [0.1, 0.15) is 5.56 Å². The average Bonchev–Trinajstić information content (AvgIpc) is 2.46. The van der Waals surface area contributed by atoms with Crippen molar-refractivity contribution in [3.05, 3.63) is 60.2 Å². The number of thioether (sulfide) groups is 1. The van der Waals surface area contributed by atoms with Crippen LogP contribution in [0.25, 0.3) is 21.5 Å². The Morgan fingerprint density at radius 1 is 0.842 bits per heavy atom. The summed E-state index contributed by atoms with van der Waals surface area (Å²) in [5.74, 6) is 2.74. The SMILES string of the molecule is ClCCSCc1c2ccccc2cc2ccccc12. The molecular formula is C17H15ClS. The Kier molecular flexibility index (Phi) is 3.95. The third-order valence-electron chi connectivity index (χ3n) is 3.35. The first-order valence-electron chi connectivity index (χ1n) is 6.43. The highest BCUT2D eigenvalue weighted by molar-refractivity contribution is 7.98. The van der Waals surface area contributed by atoms with Crippen LogP contribution in [0.2, 0.25) is 0 Å². The van der Waals surface area contributed by atoms with Crippen LogP contribution in [0.3, 0.4) is 0 Å². The van der Waals surface area contributed by atoms with E-state index in [4.69, 9.17) is 11.6 Å². The topological polar surface area (TPSA) is 0 Å². The Morgan fingerprint density at radius 2 is 1.42 bits per heavy atom. The molecule has 0 N–H and O–H groups in total. The third-order valence-corrected chi connectivity index (χ3v) is 4.75. The summed E-state index contributed by atoms with van der Waals surface area (Å²) in [7, 11) is 0. The highest BCUT2D eigenvalue weighted by atomic mass is 35.5. The van der Waals surface area contributed by atoms with Gasteiger partial charge in [0.1, 0.15) is 0 Å². The van der Waals surface area contributed by atoms with Gasteiger partial charge in [0.25, 0.3) is 0 Å². The number of fused-ring (bicyclic) bond motifs is 2. The van der Waals surface area contributed by atoms with E-state index in [2.05, 4.69) is 54.6 Å². The molecule has 0 amide bonds. The van der Waals surface area contributed by atoms with Gasteiger partial charge in [-0.05, 0) is 33.2 Å². The molecule has 0 aromatic heterocycles. The Balaban J connectivity index is 2.21. The third kappa shape index (κ3) is 2.58. The van der Waals surface area contributed by atoms with E-state index in [0.717, 1.165) is 11.5 Å². The summed E-state index contributed by atoms with van der Waals surface area (Å²) in [6, 6.07) is 19.5. The maximum absolute atomic E-state index is 5.78. The predicted octanol–water partition coefficient (Wildman–Crippen LogP) is 5.47. The van der Waals surface area contributed by atoms with Crippen molar-refractivity contribution >= 4 is 44.9 Å². The molecule has 0 radical (unpaired) electrons. The number of halogens is 1. The second-order valence-corrected chi connectivity index (χ2v) is 6.02. The highest BCUT2D eigenvalue weighted by Crippen LogP contribution is 2.31. The van der Waals surface area contributed by atoms with Crippen molar-refractivity contribution < 1.29 is 0 Å². The summed E-state index contributed by atoms with van der Waals surface area (Å²) in [6.07, 6.45) is 0. The van der Waals surface area contributed by atoms with Crippen LogP contribution in [-0.4, -0.2) is 11.6 Å². The van der Waals surface area contributed by atoms with Crippen molar-refractivity contribution in [1.82, 2.24) is 0 Å². The number of hydrogen-bond acceptors (Lipinski definition) is 1. The van der Waals surface area contributed by atoms with E-state index in [-0.39, 0.29) is 0 Å². The van der Waals surface area contributed by atoms with E-state index in [0.29, 0.717) is 5.88 Å². The molecule has 3 aromatic carbocycles. The smallest absolute Gasteiger partial charge is 0.0314 e. The van der Waals surface area contributed by atoms with Gasteiger partial charge in [0.15, 0.2) is 0 Å². The van der Waals surface area contributed by atoms with Crippen molar-refractivity contribution in [3.8, 4) is 0 Å². The minimum Gasteiger partial charge on any atom is -0.156 e. The van der Waals surface area contributed by atoms with Gasteiger partial charge in [-0.3, -0.25) is 0 Å². The minimum absolute atomic E-state index is 0.716. The van der Waals surface area contributed by atoms with Crippen molar-refractivity contribution in [2.45, 2.75) is 5.75 Å². The molecule has 0 aliphatic rings. The van der Waals surface area contributed by atoms with Gasteiger partial charge in [-0.15, -0.1) is 11.6 Å². The van der Waals surface area contributed by atoms with E-state index in [1.54, 1.807) is 0 Å². The highest BCUT2D eigenvalue weighted by Gasteiger charge is 2.06. The molecule has 0 unspecified atom stereocenters. The molecule has 0 fully saturated rings. The van der Waals surface area contributed by atoms with Crippen molar-refractivity contribution in [2.24, 2.45) is 0 Å². The lowest BCUT2D eigenvalue weighted by Crippen LogP contribution is -1.89. The fourth-order valence-corrected chi connectivity index (χ4v) is 3.59. The van der Waals surface area contributed by atoms with Crippen LogP contribution in [0.4, 0.5) is 0 Å².